The summed E-state index contributed by atoms with van der Waals surface area (Å²) in [7, 11) is -1.73. The summed E-state index contributed by atoms with van der Waals surface area (Å²) in [5, 5.41) is 9.21. The lowest BCUT2D eigenvalue weighted by atomic mass is 9.82. The van der Waals surface area contributed by atoms with Crippen molar-refractivity contribution in [1.29, 1.82) is 0 Å². The van der Waals surface area contributed by atoms with Crippen LogP contribution in [0, 0.1) is 11.7 Å². The first kappa shape index (κ1) is 15.4. The molecule has 0 aromatic heterocycles. The van der Waals surface area contributed by atoms with Crippen molar-refractivity contribution in [3.05, 3.63) is 35.6 Å². The summed E-state index contributed by atoms with van der Waals surface area (Å²) in [6.07, 6.45) is 1.46. The van der Waals surface area contributed by atoms with Crippen molar-refractivity contribution in [3.8, 4) is 0 Å². The Morgan fingerprint density at radius 1 is 1.30 bits per heavy atom. The second-order valence-electron chi connectivity index (χ2n) is 5.46. The van der Waals surface area contributed by atoms with Gasteiger partial charge in [0.05, 0.1) is 11.9 Å². The highest BCUT2D eigenvalue weighted by atomic mass is 32.2. The first-order chi connectivity index (χ1) is 9.37. The summed E-state index contributed by atoms with van der Waals surface area (Å²) >= 11 is 0. The molecule has 1 aromatic carbocycles. The molecular weight excluding hydrogens is 281 g/mol. The van der Waals surface area contributed by atoms with Crippen molar-refractivity contribution in [2.75, 3.05) is 19.3 Å². The van der Waals surface area contributed by atoms with Gasteiger partial charge in [-0.3, -0.25) is 0 Å². The summed E-state index contributed by atoms with van der Waals surface area (Å²) in [6.45, 7) is 0.461. The smallest absolute Gasteiger partial charge is 0.214 e. The van der Waals surface area contributed by atoms with E-state index in [1.165, 1.54) is 16.4 Å². The molecule has 0 unspecified atom stereocenters. The van der Waals surface area contributed by atoms with Gasteiger partial charge in [0, 0.05) is 13.6 Å². The SMILES string of the molecule is CN(CC1CC(O)C1)S(=O)(=O)CCc1ccc(F)cc1. The van der Waals surface area contributed by atoms with E-state index >= 15 is 0 Å². The standard InChI is InChI=1S/C14H20FNO3S/c1-16(10-12-8-14(17)9-12)20(18,19)7-6-11-2-4-13(15)5-3-11/h2-5,12,14,17H,6-10H2,1H3. The second-order valence-corrected chi connectivity index (χ2v) is 7.66. The van der Waals surface area contributed by atoms with Crippen LogP contribution in [-0.2, 0) is 16.4 Å². The highest BCUT2D eigenvalue weighted by Crippen LogP contribution is 2.28. The van der Waals surface area contributed by atoms with E-state index in [0.29, 0.717) is 25.8 Å². The predicted molar refractivity (Wildman–Crippen MR) is 75.3 cm³/mol. The highest BCUT2D eigenvalue weighted by Gasteiger charge is 2.30. The van der Waals surface area contributed by atoms with Gasteiger partial charge in [-0.2, -0.15) is 0 Å². The molecule has 112 valence electrons. The zero-order valence-corrected chi connectivity index (χ0v) is 12.3. The molecular formula is C14H20FNO3S. The van der Waals surface area contributed by atoms with Gasteiger partial charge in [0.25, 0.3) is 0 Å². The summed E-state index contributed by atoms with van der Waals surface area (Å²) < 4.78 is 38.4. The van der Waals surface area contributed by atoms with E-state index in [-0.39, 0.29) is 23.6 Å². The molecule has 0 amide bonds. The Balaban J connectivity index is 1.85. The maximum absolute atomic E-state index is 12.8. The summed E-state index contributed by atoms with van der Waals surface area (Å²) in [5.74, 6) is -0.0439. The largest absolute Gasteiger partial charge is 0.393 e. The molecule has 1 fully saturated rings. The number of hydrogen-bond donors (Lipinski definition) is 1. The van der Waals surface area contributed by atoms with Crippen LogP contribution in [-0.4, -0.2) is 43.3 Å². The molecule has 2 rings (SSSR count). The molecule has 4 nitrogen and oxygen atoms in total. The minimum atomic E-state index is -3.30. The van der Waals surface area contributed by atoms with Crippen molar-refractivity contribution in [1.82, 2.24) is 4.31 Å². The number of sulfonamides is 1. The number of hydrogen-bond acceptors (Lipinski definition) is 3. The number of aryl methyl sites for hydroxylation is 1. The minimum absolute atomic E-state index is 0.0183. The normalized spacial score (nSPS) is 22.8. The van der Waals surface area contributed by atoms with E-state index in [1.54, 1.807) is 19.2 Å². The lowest BCUT2D eigenvalue weighted by molar-refractivity contribution is 0.0367. The van der Waals surface area contributed by atoms with Crippen LogP contribution in [0.2, 0.25) is 0 Å². The van der Waals surface area contributed by atoms with E-state index < -0.39 is 10.0 Å². The number of benzene rings is 1. The Labute approximate surface area is 119 Å². The van der Waals surface area contributed by atoms with Gasteiger partial charge in [-0.05, 0) is 42.9 Å². The molecule has 1 aliphatic rings. The monoisotopic (exact) mass is 301 g/mol. The van der Waals surface area contributed by atoms with Gasteiger partial charge in [-0.25, -0.2) is 17.1 Å². The molecule has 0 atom stereocenters. The summed E-state index contributed by atoms with van der Waals surface area (Å²) in [5.41, 5.74) is 0.808. The van der Waals surface area contributed by atoms with Crippen molar-refractivity contribution < 1.29 is 17.9 Å². The molecule has 20 heavy (non-hydrogen) atoms. The molecule has 6 heteroatoms. The Morgan fingerprint density at radius 3 is 2.45 bits per heavy atom. The van der Waals surface area contributed by atoms with E-state index in [1.807, 2.05) is 0 Å². The third-order valence-corrected chi connectivity index (χ3v) is 5.58. The topological polar surface area (TPSA) is 57.6 Å². The first-order valence-electron chi connectivity index (χ1n) is 6.73. The van der Waals surface area contributed by atoms with Crippen molar-refractivity contribution in [2.24, 2.45) is 5.92 Å². The Hall–Kier alpha value is -0.980. The zero-order chi connectivity index (χ0) is 14.8. The van der Waals surface area contributed by atoms with E-state index in [0.717, 1.165) is 5.56 Å². The van der Waals surface area contributed by atoms with Crippen LogP contribution < -0.4 is 0 Å². The average Bonchev–Trinajstić information content (AvgIpc) is 2.36. The van der Waals surface area contributed by atoms with E-state index in [2.05, 4.69) is 0 Å². The molecule has 0 spiro atoms. The van der Waals surface area contributed by atoms with Gasteiger partial charge in [0.1, 0.15) is 5.82 Å². The van der Waals surface area contributed by atoms with Crippen LogP contribution in [0.3, 0.4) is 0 Å². The highest BCUT2D eigenvalue weighted by molar-refractivity contribution is 7.89. The van der Waals surface area contributed by atoms with Crippen LogP contribution in [0.4, 0.5) is 4.39 Å². The maximum atomic E-state index is 12.8. The number of aliphatic hydroxyl groups is 1. The first-order valence-corrected chi connectivity index (χ1v) is 8.34. The van der Waals surface area contributed by atoms with Crippen LogP contribution >= 0.6 is 0 Å². The summed E-state index contributed by atoms with van der Waals surface area (Å²) in [4.78, 5) is 0. The predicted octanol–water partition coefficient (Wildman–Crippen LogP) is 1.40. The molecule has 1 N–H and O–H groups in total. The van der Waals surface area contributed by atoms with Gasteiger partial charge in [0.15, 0.2) is 0 Å². The number of aliphatic hydroxyl groups excluding tert-OH is 1. The lowest BCUT2D eigenvalue weighted by Gasteiger charge is -2.34. The average molecular weight is 301 g/mol. The van der Waals surface area contributed by atoms with Crippen molar-refractivity contribution in [2.45, 2.75) is 25.4 Å². The zero-order valence-electron chi connectivity index (χ0n) is 11.5. The second kappa shape index (κ2) is 6.20. The molecule has 1 aromatic rings. The third kappa shape index (κ3) is 4.01. The Morgan fingerprint density at radius 2 is 1.90 bits per heavy atom. The van der Waals surface area contributed by atoms with E-state index in [4.69, 9.17) is 0 Å². The molecule has 1 aliphatic carbocycles. The Kier molecular flexibility index (Phi) is 4.78. The van der Waals surface area contributed by atoms with E-state index in [9.17, 15) is 17.9 Å². The fourth-order valence-electron chi connectivity index (χ4n) is 2.38. The number of rotatable bonds is 6. The minimum Gasteiger partial charge on any atom is -0.393 e. The van der Waals surface area contributed by atoms with Crippen molar-refractivity contribution in [3.63, 3.8) is 0 Å². The van der Waals surface area contributed by atoms with Gasteiger partial charge in [-0.15, -0.1) is 0 Å². The van der Waals surface area contributed by atoms with Crippen LogP contribution in [0.15, 0.2) is 24.3 Å². The maximum Gasteiger partial charge on any atom is 0.214 e. The fraction of sp³-hybridized carbons (Fsp3) is 0.571. The fourth-order valence-corrected chi connectivity index (χ4v) is 3.62. The van der Waals surface area contributed by atoms with Gasteiger partial charge in [-0.1, -0.05) is 12.1 Å². The van der Waals surface area contributed by atoms with Gasteiger partial charge >= 0.3 is 0 Å². The number of halogens is 1. The third-order valence-electron chi connectivity index (χ3n) is 3.76. The van der Waals surface area contributed by atoms with Gasteiger partial charge < -0.3 is 5.11 Å². The molecule has 1 saturated carbocycles. The molecule has 0 bridgehead atoms. The molecule has 0 saturated heterocycles. The quantitative estimate of drug-likeness (QED) is 0.864. The van der Waals surface area contributed by atoms with Gasteiger partial charge in [0.2, 0.25) is 10.0 Å². The molecule has 0 radical (unpaired) electrons. The van der Waals surface area contributed by atoms with Crippen LogP contribution in [0.25, 0.3) is 0 Å². The molecule has 0 heterocycles. The summed E-state index contributed by atoms with van der Waals surface area (Å²) in [6, 6.07) is 5.88. The van der Waals surface area contributed by atoms with Crippen molar-refractivity contribution >= 4 is 10.0 Å². The Bertz CT molecular complexity index is 538. The lowest BCUT2D eigenvalue weighted by Crippen LogP contribution is -2.40. The number of nitrogens with zero attached hydrogens (tertiary/aromatic N) is 1. The van der Waals surface area contributed by atoms with Crippen LogP contribution in [0.1, 0.15) is 18.4 Å². The molecule has 0 aliphatic heterocycles. The van der Waals surface area contributed by atoms with Crippen LogP contribution in [0.5, 0.6) is 0 Å².